The van der Waals surface area contributed by atoms with Crippen molar-refractivity contribution in [2.75, 3.05) is 13.7 Å². The van der Waals surface area contributed by atoms with Crippen LogP contribution in [0.2, 0.25) is 0 Å². The topological polar surface area (TPSA) is 49.8 Å². The zero-order valence-corrected chi connectivity index (χ0v) is 12.1. The summed E-state index contributed by atoms with van der Waals surface area (Å²) >= 11 is 0. The lowest BCUT2D eigenvalue weighted by molar-refractivity contribution is -0.133. The second kappa shape index (κ2) is 7.14. The second-order valence-electron chi connectivity index (χ2n) is 4.88. The predicted molar refractivity (Wildman–Crippen MR) is 75.1 cm³/mol. The summed E-state index contributed by atoms with van der Waals surface area (Å²) in [7, 11) is 1.76. The molecule has 4 nitrogen and oxygen atoms in total. The van der Waals surface area contributed by atoms with E-state index in [-0.39, 0.29) is 18.6 Å². The molecule has 1 atom stereocenters. The first-order chi connectivity index (χ1) is 8.95. The van der Waals surface area contributed by atoms with Crippen LogP contribution in [0.25, 0.3) is 0 Å². The summed E-state index contributed by atoms with van der Waals surface area (Å²) in [6.07, 6.45) is 0.237. The molecule has 0 aliphatic carbocycles. The minimum absolute atomic E-state index is 0.0321. The molecule has 0 saturated heterocycles. The van der Waals surface area contributed by atoms with Gasteiger partial charge in [-0.2, -0.15) is 0 Å². The van der Waals surface area contributed by atoms with Gasteiger partial charge in [-0.15, -0.1) is 0 Å². The largest absolute Gasteiger partial charge is 0.484 e. The number of aliphatic hydroxyl groups excluding tert-OH is 1. The fourth-order valence-corrected chi connectivity index (χ4v) is 1.56. The number of benzene rings is 1. The summed E-state index contributed by atoms with van der Waals surface area (Å²) in [5.74, 6) is 0.588. The number of carbonyl (C=O) groups is 1. The number of nitrogens with zero attached hydrogens (tertiary/aromatic N) is 1. The van der Waals surface area contributed by atoms with E-state index in [1.165, 1.54) is 0 Å². The van der Waals surface area contributed by atoms with E-state index in [1.54, 1.807) is 24.1 Å². The van der Waals surface area contributed by atoms with Gasteiger partial charge < -0.3 is 14.7 Å². The summed E-state index contributed by atoms with van der Waals surface area (Å²) in [5.41, 5.74) is 0.862. The normalized spacial score (nSPS) is 12.3. The Morgan fingerprint density at radius 2 is 1.89 bits per heavy atom. The molecule has 0 aliphatic rings. The van der Waals surface area contributed by atoms with Gasteiger partial charge in [0.25, 0.3) is 5.91 Å². The van der Waals surface area contributed by atoms with Gasteiger partial charge in [0.05, 0.1) is 6.10 Å². The predicted octanol–water partition coefficient (Wildman–Crippen LogP) is 2.38. The third-order valence-electron chi connectivity index (χ3n) is 3.18. The van der Waals surface area contributed by atoms with Crippen LogP contribution in [0, 0.1) is 0 Å². The van der Waals surface area contributed by atoms with Gasteiger partial charge >= 0.3 is 0 Å². The van der Waals surface area contributed by atoms with E-state index >= 15 is 0 Å². The van der Waals surface area contributed by atoms with Gasteiger partial charge in [0.1, 0.15) is 5.75 Å². The first kappa shape index (κ1) is 15.5. The highest BCUT2D eigenvalue weighted by atomic mass is 16.5. The third kappa shape index (κ3) is 4.56. The monoisotopic (exact) mass is 265 g/mol. The average Bonchev–Trinajstić information content (AvgIpc) is 2.43. The Kier molecular flexibility index (Phi) is 5.83. The molecule has 0 spiro atoms. The maximum Gasteiger partial charge on any atom is 0.260 e. The minimum Gasteiger partial charge on any atom is -0.484 e. The molecule has 1 amide bonds. The van der Waals surface area contributed by atoms with E-state index < -0.39 is 6.10 Å². The minimum atomic E-state index is -0.442. The fraction of sp³-hybridized carbons (Fsp3) is 0.533. The Balaban J connectivity index is 2.52. The van der Waals surface area contributed by atoms with Crippen LogP contribution in [0.4, 0.5) is 0 Å². The molecule has 1 rings (SSSR count). The first-order valence-corrected chi connectivity index (χ1v) is 6.62. The number of carbonyl (C=O) groups excluding carboxylic acids is 1. The van der Waals surface area contributed by atoms with Crippen LogP contribution in [0.1, 0.15) is 38.9 Å². The zero-order chi connectivity index (χ0) is 14.4. The van der Waals surface area contributed by atoms with E-state index in [0.717, 1.165) is 5.56 Å². The van der Waals surface area contributed by atoms with Crippen LogP contribution in [-0.2, 0) is 4.79 Å². The second-order valence-corrected chi connectivity index (χ2v) is 4.88. The molecule has 19 heavy (non-hydrogen) atoms. The summed E-state index contributed by atoms with van der Waals surface area (Å²) in [6, 6.07) is 7.35. The van der Waals surface area contributed by atoms with E-state index in [0.29, 0.717) is 12.2 Å². The molecule has 0 aliphatic heterocycles. The molecule has 1 aromatic carbocycles. The molecule has 0 heterocycles. The summed E-state index contributed by atoms with van der Waals surface area (Å²) < 4.78 is 5.43. The first-order valence-electron chi connectivity index (χ1n) is 6.62. The van der Waals surface area contributed by atoms with Gasteiger partial charge in [0, 0.05) is 13.1 Å². The molecule has 0 saturated carbocycles. The lowest BCUT2D eigenvalue weighted by Gasteiger charge is -2.21. The molecule has 0 fully saturated rings. The van der Waals surface area contributed by atoms with Crippen molar-refractivity contribution in [1.29, 1.82) is 0 Å². The maximum absolute atomic E-state index is 11.7. The van der Waals surface area contributed by atoms with Crippen molar-refractivity contribution in [2.45, 2.75) is 39.3 Å². The molecule has 0 radical (unpaired) electrons. The molecule has 0 bridgehead atoms. The molecular weight excluding hydrogens is 242 g/mol. The molecule has 1 N–H and O–H groups in total. The highest BCUT2D eigenvalue weighted by Crippen LogP contribution is 2.19. The van der Waals surface area contributed by atoms with Crippen molar-refractivity contribution < 1.29 is 14.6 Å². The number of ether oxygens (including phenoxy) is 1. The molecule has 4 heteroatoms. The van der Waals surface area contributed by atoms with Gasteiger partial charge in [0.2, 0.25) is 0 Å². The number of hydrogen-bond donors (Lipinski definition) is 1. The van der Waals surface area contributed by atoms with Crippen molar-refractivity contribution in [3.8, 4) is 5.75 Å². The maximum atomic E-state index is 11.7. The number of aliphatic hydroxyl groups is 1. The Labute approximate surface area is 115 Å². The Morgan fingerprint density at radius 1 is 1.32 bits per heavy atom. The van der Waals surface area contributed by atoms with Crippen molar-refractivity contribution in [3.05, 3.63) is 29.8 Å². The van der Waals surface area contributed by atoms with E-state index in [9.17, 15) is 9.90 Å². The highest BCUT2D eigenvalue weighted by molar-refractivity contribution is 5.77. The average molecular weight is 265 g/mol. The van der Waals surface area contributed by atoms with Crippen LogP contribution in [-0.4, -0.2) is 35.6 Å². The van der Waals surface area contributed by atoms with Gasteiger partial charge in [-0.1, -0.05) is 19.1 Å². The fourth-order valence-electron chi connectivity index (χ4n) is 1.56. The molecule has 0 aromatic heterocycles. The number of rotatable bonds is 6. The number of hydrogen-bond acceptors (Lipinski definition) is 3. The van der Waals surface area contributed by atoms with Crippen LogP contribution >= 0.6 is 0 Å². The lowest BCUT2D eigenvalue weighted by Crippen LogP contribution is -2.36. The molecule has 0 unspecified atom stereocenters. The Bertz CT molecular complexity index is 400. The van der Waals surface area contributed by atoms with Gasteiger partial charge in [-0.05, 0) is 38.0 Å². The summed E-state index contributed by atoms with van der Waals surface area (Å²) in [6.45, 7) is 5.87. The smallest absolute Gasteiger partial charge is 0.260 e. The highest BCUT2D eigenvalue weighted by Gasteiger charge is 2.12. The third-order valence-corrected chi connectivity index (χ3v) is 3.18. The van der Waals surface area contributed by atoms with Crippen molar-refractivity contribution in [3.63, 3.8) is 0 Å². The summed E-state index contributed by atoms with van der Waals surface area (Å²) in [4.78, 5) is 13.4. The van der Waals surface area contributed by atoms with E-state index in [4.69, 9.17) is 4.74 Å². The number of amides is 1. The quantitative estimate of drug-likeness (QED) is 0.859. The van der Waals surface area contributed by atoms with Crippen molar-refractivity contribution in [1.82, 2.24) is 4.90 Å². The zero-order valence-electron chi connectivity index (χ0n) is 12.1. The molecule has 106 valence electrons. The Morgan fingerprint density at radius 3 is 2.37 bits per heavy atom. The van der Waals surface area contributed by atoms with Gasteiger partial charge in [-0.3, -0.25) is 4.79 Å². The SMILES string of the molecule is CC[C@@H](O)c1ccc(OCC(=O)N(C)C(C)C)cc1. The van der Waals surface area contributed by atoms with Crippen LogP contribution in [0.3, 0.4) is 0 Å². The lowest BCUT2D eigenvalue weighted by atomic mass is 10.1. The Hall–Kier alpha value is -1.55. The number of likely N-dealkylation sites (N-methyl/N-ethyl adjacent to an activating group) is 1. The van der Waals surface area contributed by atoms with Crippen molar-refractivity contribution in [2.24, 2.45) is 0 Å². The van der Waals surface area contributed by atoms with Gasteiger partial charge in [-0.25, -0.2) is 0 Å². The van der Waals surface area contributed by atoms with Crippen LogP contribution in [0.15, 0.2) is 24.3 Å². The van der Waals surface area contributed by atoms with Gasteiger partial charge in [0.15, 0.2) is 6.61 Å². The van der Waals surface area contributed by atoms with E-state index in [2.05, 4.69) is 0 Å². The van der Waals surface area contributed by atoms with Crippen molar-refractivity contribution >= 4 is 5.91 Å². The molecule has 1 aromatic rings. The molecular formula is C15H23NO3. The van der Waals surface area contributed by atoms with Crippen LogP contribution in [0.5, 0.6) is 5.75 Å². The summed E-state index contributed by atoms with van der Waals surface area (Å²) in [5, 5.41) is 9.67. The van der Waals surface area contributed by atoms with Crippen LogP contribution < -0.4 is 4.74 Å². The standard InChI is InChI=1S/C15H23NO3/c1-5-14(17)12-6-8-13(9-7-12)19-10-15(18)16(4)11(2)3/h6-9,11,14,17H,5,10H2,1-4H3/t14-/m1/s1. The van der Waals surface area contributed by atoms with E-state index in [1.807, 2.05) is 32.9 Å².